The monoisotopic (exact) mass is 341 g/mol. The van der Waals surface area contributed by atoms with Crippen LogP contribution in [-0.2, 0) is 17.8 Å². The molecule has 0 spiro atoms. The first kappa shape index (κ1) is 17.0. The van der Waals surface area contributed by atoms with Crippen molar-refractivity contribution in [2.24, 2.45) is 0 Å². The van der Waals surface area contributed by atoms with Crippen LogP contribution in [0.5, 0.6) is 0 Å². The molecule has 0 aliphatic carbocycles. The fraction of sp³-hybridized carbons (Fsp3) is 0.389. The molecule has 0 atom stereocenters. The number of hydrogen-bond donors (Lipinski definition) is 2. The van der Waals surface area contributed by atoms with Crippen molar-refractivity contribution >= 4 is 23.3 Å². The molecule has 0 fully saturated rings. The Morgan fingerprint density at radius 3 is 2.88 bits per heavy atom. The number of rotatable bonds is 5. The number of nitrogens with zero attached hydrogens (tertiary/aromatic N) is 3. The van der Waals surface area contributed by atoms with Gasteiger partial charge in [-0.3, -0.25) is 14.4 Å². The van der Waals surface area contributed by atoms with Crippen LogP contribution in [0.4, 0.5) is 16.2 Å². The minimum atomic E-state index is -0.0984. The van der Waals surface area contributed by atoms with E-state index in [-0.39, 0.29) is 11.9 Å². The van der Waals surface area contributed by atoms with E-state index in [2.05, 4.69) is 15.7 Å². The maximum atomic E-state index is 12.2. The van der Waals surface area contributed by atoms with E-state index in [4.69, 9.17) is 0 Å². The molecular weight excluding hydrogens is 318 g/mol. The highest BCUT2D eigenvalue weighted by Crippen LogP contribution is 2.30. The van der Waals surface area contributed by atoms with Crippen LogP contribution in [0.3, 0.4) is 0 Å². The van der Waals surface area contributed by atoms with Gasteiger partial charge in [0.15, 0.2) is 0 Å². The standard InChI is InChI=1S/C18H23N5O2/c1-3-19-18(25)23-9-6-14-4-5-15(10-16(14)23)21-17(24)7-8-22-12-13(2)11-20-22/h4-5,10-12H,3,6-9H2,1-2H3,(H,19,25)(H,21,24). The zero-order valence-electron chi connectivity index (χ0n) is 14.6. The Morgan fingerprint density at radius 1 is 1.32 bits per heavy atom. The van der Waals surface area contributed by atoms with Gasteiger partial charge in [-0.05, 0) is 43.5 Å². The summed E-state index contributed by atoms with van der Waals surface area (Å²) >= 11 is 0. The highest BCUT2D eigenvalue weighted by atomic mass is 16.2. The van der Waals surface area contributed by atoms with Gasteiger partial charge >= 0.3 is 6.03 Å². The smallest absolute Gasteiger partial charge is 0.321 e. The van der Waals surface area contributed by atoms with Crippen LogP contribution in [-0.4, -0.2) is 34.8 Å². The first-order valence-electron chi connectivity index (χ1n) is 8.54. The highest BCUT2D eigenvalue weighted by Gasteiger charge is 2.24. The van der Waals surface area contributed by atoms with Gasteiger partial charge in [0.2, 0.25) is 5.91 Å². The Kier molecular flexibility index (Phi) is 5.02. The normalized spacial score (nSPS) is 12.8. The number of carbonyl (C=O) groups excluding carboxylic acids is 2. The average Bonchev–Trinajstić information content (AvgIpc) is 3.19. The summed E-state index contributed by atoms with van der Waals surface area (Å²) in [4.78, 5) is 26.0. The number of nitrogens with one attached hydrogen (secondary N) is 2. The topological polar surface area (TPSA) is 79.3 Å². The summed E-state index contributed by atoms with van der Waals surface area (Å²) in [6.45, 7) is 5.65. The van der Waals surface area contributed by atoms with Crippen molar-refractivity contribution in [1.29, 1.82) is 0 Å². The van der Waals surface area contributed by atoms with Crippen molar-refractivity contribution in [2.45, 2.75) is 33.2 Å². The molecule has 1 aromatic heterocycles. The summed E-state index contributed by atoms with van der Waals surface area (Å²) < 4.78 is 1.76. The summed E-state index contributed by atoms with van der Waals surface area (Å²) in [5.74, 6) is -0.0735. The fourth-order valence-corrected chi connectivity index (χ4v) is 2.94. The van der Waals surface area contributed by atoms with Crippen LogP contribution in [0.2, 0.25) is 0 Å². The van der Waals surface area contributed by atoms with Crippen LogP contribution in [0.15, 0.2) is 30.6 Å². The molecule has 7 heteroatoms. The van der Waals surface area contributed by atoms with E-state index in [9.17, 15) is 9.59 Å². The second kappa shape index (κ2) is 7.38. The number of anilines is 2. The molecule has 0 unspecified atom stereocenters. The van der Waals surface area contributed by atoms with E-state index >= 15 is 0 Å². The second-order valence-electron chi connectivity index (χ2n) is 6.16. The van der Waals surface area contributed by atoms with Gasteiger partial charge in [0.05, 0.1) is 11.9 Å². The van der Waals surface area contributed by atoms with Crippen molar-refractivity contribution in [2.75, 3.05) is 23.3 Å². The van der Waals surface area contributed by atoms with E-state index in [0.29, 0.717) is 31.7 Å². The second-order valence-corrected chi connectivity index (χ2v) is 6.16. The van der Waals surface area contributed by atoms with Gasteiger partial charge < -0.3 is 10.6 Å². The van der Waals surface area contributed by atoms with Crippen LogP contribution in [0.1, 0.15) is 24.5 Å². The zero-order valence-corrected chi connectivity index (χ0v) is 14.6. The molecule has 1 aliphatic heterocycles. The Labute approximate surface area is 147 Å². The van der Waals surface area contributed by atoms with E-state index in [1.807, 2.05) is 38.2 Å². The molecule has 1 aliphatic rings. The van der Waals surface area contributed by atoms with E-state index in [1.165, 1.54) is 0 Å². The molecule has 3 amide bonds. The molecule has 1 aromatic carbocycles. The molecule has 2 aromatic rings. The van der Waals surface area contributed by atoms with E-state index < -0.39 is 0 Å². The molecule has 0 saturated heterocycles. The van der Waals surface area contributed by atoms with Gasteiger partial charge in [-0.1, -0.05) is 6.07 Å². The Morgan fingerprint density at radius 2 is 2.16 bits per heavy atom. The molecule has 25 heavy (non-hydrogen) atoms. The maximum absolute atomic E-state index is 12.2. The lowest BCUT2D eigenvalue weighted by Gasteiger charge is -2.18. The Balaban J connectivity index is 1.62. The van der Waals surface area contributed by atoms with E-state index in [0.717, 1.165) is 23.2 Å². The van der Waals surface area contributed by atoms with Crippen molar-refractivity contribution in [3.8, 4) is 0 Å². The number of fused-ring (bicyclic) bond motifs is 1. The number of benzene rings is 1. The van der Waals surface area contributed by atoms with E-state index in [1.54, 1.807) is 15.8 Å². The zero-order chi connectivity index (χ0) is 17.8. The molecule has 3 rings (SSSR count). The number of carbonyl (C=O) groups is 2. The Hall–Kier alpha value is -2.83. The number of amides is 3. The predicted molar refractivity (Wildman–Crippen MR) is 96.8 cm³/mol. The van der Waals surface area contributed by atoms with Crippen LogP contribution in [0.25, 0.3) is 0 Å². The van der Waals surface area contributed by atoms with Gasteiger partial charge in [0.25, 0.3) is 0 Å². The van der Waals surface area contributed by atoms with Gasteiger partial charge in [-0.25, -0.2) is 4.79 Å². The van der Waals surface area contributed by atoms with Crippen molar-refractivity contribution in [1.82, 2.24) is 15.1 Å². The fourth-order valence-electron chi connectivity index (χ4n) is 2.94. The lowest BCUT2D eigenvalue weighted by molar-refractivity contribution is -0.116. The van der Waals surface area contributed by atoms with Gasteiger partial charge in [0, 0.05) is 37.9 Å². The summed E-state index contributed by atoms with van der Waals surface area (Å²) in [6.07, 6.45) is 4.86. The number of aromatic nitrogens is 2. The maximum Gasteiger partial charge on any atom is 0.321 e. The lowest BCUT2D eigenvalue weighted by Crippen LogP contribution is -2.38. The molecule has 0 bridgehead atoms. The number of hydrogen-bond acceptors (Lipinski definition) is 3. The quantitative estimate of drug-likeness (QED) is 0.876. The van der Waals surface area contributed by atoms with Crippen molar-refractivity contribution in [3.05, 3.63) is 41.7 Å². The average molecular weight is 341 g/mol. The van der Waals surface area contributed by atoms with Crippen molar-refractivity contribution < 1.29 is 9.59 Å². The summed E-state index contributed by atoms with van der Waals surface area (Å²) in [5, 5.41) is 9.90. The SMILES string of the molecule is CCNC(=O)N1CCc2ccc(NC(=O)CCn3cc(C)cn3)cc21. The van der Waals surface area contributed by atoms with Gasteiger partial charge in [-0.15, -0.1) is 0 Å². The molecule has 2 N–H and O–H groups in total. The molecule has 132 valence electrons. The number of aryl methyl sites for hydroxylation is 2. The van der Waals surface area contributed by atoms with Gasteiger partial charge in [-0.2, -0.15) is 5.10 Å². The molecule has 0 radical (unpaired) electrons. The molecule has 0 saturated carbocycles. The van der Waals surface area contributed by atoms with Crippen LogP contribution < -0.4 is 15.5 Å². The Bertz CT molecular complexity index is 784. The largest absolute Gasteiger partial charge is 0.338 e. The van der Waals surface area contributed by atoms with Gasteiger partial charge in [0.1, 0.15) is 0 Å². The third-order valence-corrected chi connectivity index (χ3v) is 4.17. The molecule has 7 nitrogen and oxygen atoms in total. The lowest BCUT2D eigenvalue weighted by atomic mass is 10.1. The minimum absolute atomic E-state index is 0.0735. The predicted octanol–water partition coefficient (Wildman–Crippen LogP) is 2.31. The van der Waals surface area contributed by atoms with Crippen molar-refractivity contribution in [3.63, 3.8) is 0 Å². The third-order valence-electron chi connectivity index (χ3n) is 4.17. The highest BCUT2D eigenvalue weighted by molar-refractivity contribution is 5.96. The number of urea groups is 1. The van der Waals surface area contributed by atoms with Crippen LogP contribution in [0, 0.1) is 6.92 Å². The third kappa shape index (κ3) is 3.99. The summed E-state index contributed by atoms with van der Waals surface area (Å²) in [7, 11) is 0. The minimum Gasteiger partial charge on any atom is -0.338 e. The first-order chi connectivity index (χ1) is 12.1. The molecule has 2 heterocycles. The summed E-state index contributed by atoms with van der Waals surface area (Å²) in [5.41, 5.74) is 3.77. The molecular formula is C18H23N5O2. The first-order valence-corrected chi connectivity index (χ1v) is 8.54. The van der Waals surface area contributed by atoms with Crippen LogP contribution >= 0.6 is 0 Å². The summed E-state index contributed by atoms with van der Waals surface area (Å²) in [6, 6.07) is 5.63.